The third-order valence-electron chi connectivity index (χ3n) is 3.13. The molecule has 17 heavy (non-hydrogen) atoms. The fourth-order valence-corrected chi connectivity index (χ4v) is 2.15. The maximum atomic E-state index is 11.3. The van der Waals surface area contributed by atoms with Crippen LogP contribution in [0.25, 0.3) is 0 Å². The number of pyridine rings is 1. The molecule has 1 unspecified atom stereocenters. The minimum Gasteiger partial charge on any atom is -0.389 e. The van der Waals surface area contributed by atoms with Gasteiger partial charge in [0.05, 0.1) is 6.10 Å². The van der Waals surface area contributed by atoms with Crippen LogP contribution >= 0.6 is 0 Å². The molecule has 0 spiro atoms. The second-order valence-corrected chi connectivity index (χ2v) is 4.38. The molecule has 0 aromatic carbocycles. The third kappa shape index (κ3) is 2.39. The van der Waals surface area contributed by atoms with Gasteiger partial charge in [-0.1, -0.05) is 6.07 Å². The third-order valence-corrected chi connectivity index (χ3v) is 3.13. The number of nitrogens with zero attached hydrogens (tertiary/aromatic N) is 2. The van der Waals surface area contributed by atoms with Crippen molar-refractivity contribution in [1.82, 2.24) is 4.98 Å². The first-order valence-electron chi connectivity index (χ1n) is 5.79. The van der Waals surface area contributed by atoms with Crippen LogP contribution < -0.4 is 10.6 Å². The highest BCUT2D eigenvalue weighted by atomic mass is 16.3. The highest BCUT2D eigenvalue weighted by Gasteiger charge is 2.29. The number of carbonyl (C=O) groups excluding carboxylic acids is 1. The Morgan fingerprint density at radius 1 is 1.65 bits per heavy atom. The average molecular weight is 235 g/mol. The lowest BCUT2D eigenvalue weighted by atomic mass is 10.2. The normalized spacial score (nSPS) is 21.5. The van der Waals surface area contributed by atoms with Gasteiger partial charge in [-0.25, -0.2) is 4.98 Å². The van der Waals surface area contributed by atoms with Gasteiger partial charge in [0.2, 0.25) is 5.91 Å². The Morgan fingerprint density at radius 3 is 2.94 bits per heavy atom. The molecule has 1 saturated heterocycles. The van der Waals surface area contributed by atoms with Crippen LogP contribution in [0.15, 0.2) is 18.3 Å². The Kier molecular flexibility index (Phi) is 3.28. The van der Waals surface area contributed by atoms with Crippen molar-refractivity contribution in [3.8, 4) is 0 Å². The molecule has 92 valence electrons. The van der Waals surface area contributed by atoms with E-state index in [2.05, 4.69) is 4.98 Å². The van der Waals surface area contributed by atoms with E-state index < -0.39 is 6.10 Å². The van der Waals surface area contributed by atoms with Crippen LogP contribution in [0.2, 0.25) is 0 Å². The van der Waals surface area contributed by atoms with Gasteiger partial charge in [-0.3, -0.25) is 4.79 Å². The summed E-state index contributed by atoms with van der Waals surface area (Å²) in [6.07, 6.45) is 2.85. The van der Waals surface area contributed by atoms with E-state index in [-0.39, 0.29) is 11.9 Å². The summed E-state index contributed by atoms with van der Waals surface area (Å²) in [5.74, 6) is 0.444. The summed E-state index contributed by atoms with van der Waals surface area (Å²) >= 11 is 0. The molecule has 1 fully saturated rings. The van der Waals surface area contributed by atoms with Crippen molar-refractivity contribution in [2.45, 2.75) is 31.9 Å². The Morgan fingerprint density at radius 2 is 2.41 bits per heavy atom. The van der Waals surface area contributed by atoms with Crippen LogP contribution in [0.4, 0.5) is 5.82 Å². The number of rotatable bonds is 3. The zero-order chi connectivity index (χ0) is 12.4. The molecule has 1 aromatic rings. The summed E-state index contributed by atoms with van der Waals surface area (Å²) in [5, 5.41) is 9.39. The minimum atomic E-state index is -0.526. The number of amides is 1. The molecule has 1 amide bonds. The Hall–Kier alpha value is -1.62. The van der Waals surface area contributed by atoms with Crippen LogP contribution in [0, 0.1) is 0 Å². The van der Waals surface area contributed by atoms with Crippen molar-refractivity contribution < 1.29 is 9.90 Å². The minimum absolute atomic E-state index is 0.250. The summed E-state index contributed by atoms with van der Waals surface area (Å²) in [7, 11) is 0. The maximum Gasteiger partial charge on any atom is 0.240 e. The van der Waals surface area contributed by atoms with Crippen molar-refractivity contribution >= 4 is 11.7 Å². The van der Waals surface area contributed by atoms with Crippen molar-refractivity contribution in [2.75, 3.05) is 11.4 Å². The zero-order valence-electron chi connectivity index (χ0n) is 9.84. The summed E-state index contributed by atoms with van der Waals surface area (Å²) < 4.78 is 0. The number of aromatic nitrogens is 1. The topological polar surface area (TPSA) is 79.5 Å². The van der Waals surface area contributed by atoms with Gasteiger partial charge < -0.3 is 15.7 Å². The number of primary amides is 1. The number of hydrogen-bond donors (Lipinski definition) is 2. The quantitative estimate of drug-likeness (QED) is 0.803. The van der Waals surface area contributed by atoms with Gasteiger partial charge in [0, 0.05) is 12.7 Å². The van der Waals surface area contributed by atoms with Gasteiger partial charge in [0.25, 0.3) is 0 Å². The molecule has 1 aromatic heterocycles. The fraction of sp³-hybridized carbons (Fsp3) is 0.500. The molecular formula is C12H17N3O2. The Balaban J connectivity index is 2.19. The highest BCUT2D eigenvalue weighted by molar-refractivity contribution is 5.83. The molecule has 0 aliphatic carbocycles. The molecule has 2 atom stereocenters. The van der Waals surface area contributed by atoms with Gasteiger partial charge in [0.15, 0.2) is 0 Å². The van der Waals surface area contributed by atoms with E-state index in [0.717, 1.165) is 30.8 Å². The predicted molar refractivity (Wildman–Crippen MR) is 64.4 cm³/mol. The second-order valence-electron chi connectivity index (χ2n) is 4.38. The van der Waals surface area contributed by atoms with Gasteiger partial charge in [-0.2, -0.15) is 0 Å². The molecule has 5 heteroatoms. The van der Waals surface area contributed by atoms with Gasteiger partial charge in [-0.05, 0) is 31.4 Å². The van der Waals surface area contributed by atoms with E-state index in [1.807, 2.05) is 17.0 Å². The molecule has 0 saturated carbocycles. The lowest BCUT2D eigenvalue weighted by molar-refractivity contribution is -0.119. The van der Waals surface area contributed by atoms with Crippen molar-refractivity contribution in [3.63, 3.8) is 0 Å². The van der Waals surface area contributed by atoms with E-state index in [9.17, 15) is 9.90 Å². The molecule has 0 bridgehead atoms. The number of nitrogens with two attached hydrogens (primary N) is 1. The zero-order valence-corrected chi connectivity index (χ0v) is 9.84. The largest absolute Gasteiger partial charge is 0.389 e. The average Bonchev–Trinajstić information content (AvgIpc) is 2.78. The molecule has 1 aliphatic heterocycles. The fourth-order valence-electron chi connectivity index (χ4n) is 2.15. The van der Waals surface area contributed by atoms with Crippen LogP contribution in [0.1, 0.15) is 31.4 Å². The van der Waals surface area contributed by atoms with Crippen LogP contribution in [-0.4, -0.2) is 28.6 Å². The second kappa shape index (κ2) is 4.71. The van der Waals surface area contributed by atoms with Crippen LogP contribution in [-0.2, 0) is 4.79 Å². The number of carbonyl (C=O) groups is 1. The Labute approximate surface area is 100 Å². The molecule has 2 heterocycles. The smallest absolute Gasteiger partial charge is 0.240 e. The first kappa shape index (κ1) is 11.9. The SMILES string of the molecule is C[C@H](O)c1ccc(N2CCCC2C(N)=O)nc1. The van der Waals surface area contributed by atoms with Crippen LogP contribution in [0.5, 0.6) is 0 Å². The predicted octanol–water partition coefficient (Wildman–Crippen LogP) is 0.589. The number of anilines is 1. The van der Waals surface area contributed by atoms with E-state index in [4.69, 9.17) is 5.73 Å². The van der Waals surface area contributed by atoms with Crippen LogP contribution in [0.3, 0.4) is 0 Å². The first-order valence-corrected chi connectivity index (χ1v) is 5.79. The van der Waals surface area contributed by atoms with Crippen molar-refractivity contribution in [3.05, 3.63) is 23.9 Å². The summed E-state index contributed by atoms with van der Waals surface area (Å²) in [6.45, 7) is 2.49. The van der Waals surface area contributed by atoms with Gasteiger partial charge >= 0.3 is 0 Å². The van der Waals surface area contributed by atoms with E-state index in [1.165, 1.54) is 0 Å². The number of hydrogen-bond acceptors (Lipinski definition) is 4. The highest BCUT2D eigenvalue weighted by Crippen LogP contribution is 2.24. The van der Waals surface area contributed by atoms with E-state index in [1.54, 1.807) is 13.1 Å². The molecule has 3 N–H and O–H groups in total. The molecule has 1 aliphatic rings. The first-order chi connectivity index (χ1) is 8.09. The number of aliphatic hydroxyl groups is 1. The summed E-state index contributed by atoms with van der Waals surface area (Å²) in [5.41, 5.74) is 6.12. The number of aliphatic hydroxyl groups excluding tert-OH is 1. The van der Waals surface area contributed by atoms with Crippen molar-refractivity contribution in [1.29, 1.82) is 0 Å². The standard InChI is InChI=1S/C12H17N3O2/c1-8(16)9-4-5-11(14-7-9)15-6-2-3-10(15)12(13)17/h4-5,7-8,10,16H,2-3,6H2,1H3,(H2,13,17)/t8-,10?/m0/s1. The maximum absolute atomic E-state index is 11.3. The van der Waals surface area contributed by atoms with Gasteiger partial charge in [-0.15, -0.1) is 0 Å². The monoisotopic (exact) mass is 235 g/mol. The van der Waals surface area contributed by atoms with E-state index >= 15 is 0 Å². The van der Waals surface area contributed by atoms with E-state index in [0.29, 0.717) is 0 Å². The summed E-state index contributed by atoms with van der Waals surface area (Å²) in [4.78, 5) is 17.5. The molecule has 5 nitrogen and oxygen atoms in total. The lowest BCUT2D eigenvalue weighted by Gasteiger charge is -2.23. The summed E-state index contributed by atoms with van der Waals surface area (Å²) in [6, 6.07) is 3.40. The molecule has 2 rings (SSSR count). The molecular weight excluding hydrogens is 218 g/mol. The molecule has 0 radical (unpaired) electrons. The van der Waals surface area contributed by atoms with Gasteiger partial charge in [0.1, 0.15) is 11.9 Å². The lowest BCUT2D eigenvalue weighted by Crippen LogP contribution is -2.40. The van der Waals surface area contributed by atoms with Crippen molar-refractivity contribution in [2.24, 2.45) is 5.73 Å². The Bertz CT molecular complexity index is 403.